The van der Waals surface area contributed by atoms with Crippen LogP contribution in [0.3, 0.4) is 0 Å². The summed E-state index contributed by atoms with van der Waals surface area (Å²) in [5.41, 5.74) is -2.24. The van der Waals surface area contributed by atoms with Crippen molar-refractivity contribution in [2.45, 2.75) is 18.4 Å². The number of nitrogens with zero attached hydrogens (tertiary/aromatic N) is 1. The van der Waals surface area contributed by atoms with Crippen molar-refractivity contribution in [2.75, 3.05) is 13.2 Å². The maximum absolute atomic E-state index is 13.1. The highest BCUT2D eigenvalue weighted by Crippen LogP contribution is 2.11. The van der Waals surface area contributed by atoms with Crippen molar-refractivity contribution >= 4 is 0 Å². The monoisotopic (exact) mass is 288 g/mol. The summed E-state index contributed by atoms with van der Waals surface area (Å²) in [6, 6.07) is 0. The van der Waals surface area contributed by atoms with E-state index in [9.17, 15) is 19.1 Å². The third-order valence-electron chi connectivity index (χ3n) is 2.43. The highest BCUT2D eigenvalue weighted by molar-refractivity contribution is 4.98. The molecule has 0 aliphatic heterocycles. The highest BCUT2D eigenvalue weighted by Gasteiger charge is 2.24. The number of rotatable bonds is 6. The molecule has 0 aliphatic rings. The molecule has 0 spiro atoms. The zero-order valence-electron chi connectivity index (χ0n) is 10.2. The van der Waals surface area contributed by atoms with Crippen LogP contribution in [0.2, 0.25) is 0 Å². The van der Waals surface area contributed by atoms with Crippen molar-refractivity contribution in [3.05, 3.63) is 32.9 Å². The van der Waals surface area contributed by atoms with Gasteiger partial charge in [-0.3, -0.25) is 14.3 Å². The molecular weight excluding hydrogens is 275 g/mol. The van der Waals surface area contributed by atoms with E-state index < -0.39 is 48.7 Å². The van der Waals surface area contributed by atoms with Gasteiger partial charge in [-0.25, -0.2) is 4.79 Å². The number of halogens is 1. The summed E-state index contributed by atoms with van der Waals surface area (Å²) in [6.45, 7) is -1.47. The van der Waals surface area contributed by atoms with Crippen LogP contribution in [0.15, 0.2) is 15.8 Å². The van der Waals surface area contributed by atoms with Gasteiger partial charge in [-0.05, 0) is 0 Å². The van der Waals surface area contributed by atoms with E-state index in [0.29, 0.717) is 10.8 Å². The van der Waals surface area contributed by atoms with Gasteiger partial charge in [0.15, 0.2) is 6.23 Å². The predicted molar refractivity (Wildman–Crippen MR) is 64.2 cm³/mol. The Balaban J connectivity index is 3.09. The van der Waals surface area contributed by atoms with E-state index in [1.807, 2.05) is 5.92 Å². The van der Waals surface area contributed by atoms with Gasteiger partial charge in [0, 0.05) is 0 Å². The Morgan fingerprint density at radius 1 is 1.45 bits per heavy atom. The van der Waals surface area contributed by atoms with Gasteiger partial charge in [0.05, 0.1) is 19.4 Å². The van der Waals surface area contributed by atoms with Crippen molar-refractivity contribution in [1.29, 1.82) is 0 Å². The molecular formula is C11H13FN2O6. The molecule has 9 heteroatoms. The first-order valence-corrected chi connectivity index (χ1v) is 5.47. The Morgan fingerprint density at radius 2 is 2.10 bits per heavy atom. The molecule has 3 atom stereocenters. The number of hydrogen-bond acceptors (Lipinski definition) is 6. The van der Waals surface area contributed by atoms with Gasteiger partial charge in [-0.1, -0.05) is 5.92 Å². The average molecular weight is 288 g/mol. The second-order valence-electron chi connectivity index (χ2n) is 3.75. The van der Waals surface area contributed by atoms with E-state index in [-0.39, 0.29) is 0 Å². The average Bonchev–Trinajstić information content (AvgIpc) is 2.44. The fourth-order valence-corrected chi connectivity index (χ4v) is 1.40. The molecule has 20 heavy (non-hydrogen) atoms. The number of nitrogens with one attached hydrogen (secondary N) is 1. The van der Waals surface area contributed by atoms with Gasteiger partial charge in [0.2, 0.25) is 5.82 Å². The molecule has 110 valence electrons. The molecule has 0 saturated heterocycles. The predicted octanol–water partition coefficient (Wildman–Crippen LogP) is -2.46. The highest BCUT2D eigenvalue weighted by atomic mass is 19.1. The molecule has 0 saturated carbocycles. The maximum Gasteiger partial charge on any atom is 0.330 e. The fraction of sp³-hybridized carbons (Fsp3) is 0.455. The Morgan fingerprint density at radius 3 is 2.60 bits per heavy atom. The van der Waals surface area contributed by atoms with Gasteiger partial charge in [-0.15, -0.1) is 6.42 Å². The summed E-state index contributed by atoms with van der Waals surface area (Å²) in [6.07, 6.45) is 1.27. The molecule has 1 heterocycles. The van der Waals surface area contributed by atoms with Crippen molar-refractivity contribution in [1.82, 2.24) is 9.55 Å². The van der Waals surface area contributed by atoms with E-state index in [0.717, 1.165) is 0 Å². The number of terminal acetylenes is 1. The van der Waals surface area contributed by atoms with Crippen LogP contribution in [-0.2, 0) is 4.74 Å². The number of H-pyrrole nitrogens is 1. The molecule has 0 fully saturated rings. The van der Waals surface area contributed by atoms with Crippen LogP contribution in [0.5, 0.6) is 0 Å². The first-order valence-electron chi connectivity index (χ1n) is 5.47. The maximum atomic E-state index is 13.1. The molecule has 0 bridgehead atoms. The summed E-state index contributed by atoms with van der Waals surface area (Å²) in [7, 11) is 0. The molecule has 8 nitrogen and oxygen atoms in total. The summed E-state index contributed by atoms with van der Waals surface area (Å²) in [5, 5.41) is 27.5. The Bertz CT molecular complexity index is 604. The molecule has 0 radical (unpaired) electrons. The van der Waals surface area contributed by atoms with Gasteiger partial charge in [0.25, 0.3) is 5.56 Å². The van der Waals surface area contributed by atoms with E-state index in [2.05, 4.69) is 0 Å². The minimum absolute atomic E-state index is 0.540. The smallest absolute Gasteiger partial charge is 0.330 e. The molecule has 0 unspecified atom stereocenters. The second kappa shape index (κ2) is 6.97. The number of ether oxygens (including phenoxy) is 1. The first-order chi connectivity index (χ1) is 9.44. The Labute approximate surface area is 112 Å². The summed E-state index contributed by atoms with van der Waals surface area (Å²) in [4.78, 5) is 24.0. The molecule has 0 aromatic carbocycles. The minimum atomic E-state index is -1.49. The van der Waals surface area contributed by atoms with Crippen molar-refractivity contribution in [2.24, 2.45) is 0 Å². The zero-order chi connectivity index (χ0) is 15.3. The summed E-state index contributed by atoms with van der Waals surface area (Å²) < 4.78 is 18.7. The lowest BCUT2D eigenvalue weighted by atomic mass is 10.2. The molecule has 1 aromatic rings. The minimum Gasteiger partial charge on any atom is -0.394 e. The SMILES string of the molecule is C#C[C@H](O)[C@@H](CO)O[C@H](CO)n1cc(F)c(=O)[nH]c1=O. The van der Waals surface area contributed by atoms with E-state index in [1.54, 1.807) is 4.98 Å². The number of hydrogen-bond donors (Lipinski definition) is 4. The van der Waals surface area contributed by atoms with Crippen LogP contribution in [0.4, 0.5) is 4.39 Å². The summed E-state index contributed by atoms with van der Waals surface area (Å²) >= 11 is 0. The van der Waals surface area contributed by atoms with Crippen LogP contribution in [0.1, 0.15) is 6.23 Å². The van der Waals surface area contributed by atoms with Crippen molar-refractivity contribution in [3.63, 3.8) is 0 Å². The van der Waals surface area contributed by atoms with Crippen LogP contribution in [0, 0.1) is 18.2 Å². The lowest BCUT2D eigenvalue weighted by Crippen LogP contribution is -2.40. The molecule has 0 amide bonds. The number of aliphatic hydroxyl groups is 3. The summed E-state index contributed by atoms with van der Waals surface area (Å²) in [5.74, 6) is 0.642. The van der Waals surface area contributed by atoms with Gasteiger partial charge in [0.1, 0.15) is 12.2 Å². The van der Waals surface area contributed by atoms with Crippen LogP contribution in [0.25, 0.3) is 0 Å². The largest absolute Gasteiger partial charge is 0.394 e. The van der Waals surface area contributed by atoms with Gasteiger partial charge in [-0.2, -0.15) is 4.39 Å². The van der Waals surface area contributed by atoms with Crippen LogP contribution in [-0.4, -0.2) is 50.3 Å². The molecule has 1 rings (SSSR count). The quantitative estimate of drug-likeness (QED) is 0.430. The molecule has 1 aromatic heterocycles. The first kappa shape index (κ1) is 16.1. The number of aliphatic hydroxyl groups excluding tert-OH is 3. The second-order valence-corrected chi connectivity index (χ2v) is 3.75. The zero-order valence-corrected chi connectivity index (χ0v) is 10.2. The normalized spacial score (nSPS) is 15.3. The Kier molecular flexibility index (Phi) is 5.60. The topological polar surface area (TPSA) is 125 Å². The van der Waals surface area contributed by atoms with Crippen molar-refractivity contribution < 1.29 is 24.4 Å². The van der Waals surface area contributed by atoms with E-state index in [4.69, 9.17) is 21.4 Å². The molecule has 4 N–H and O–H groups in total. The Hall–Kier alpha value is -1.99. The lowest BCUT2D eigenvalue weighted by Gasteiger charge is -2.24. The van der Waals surface area contributed by atoms with Gasteiger partial charge >= 0.3 is 5.69 Å². The molecule has 0 aliphatic carbocycles. The van der Waals surface area contributed by atoms with Crippen molar-refractivity contribution in [3.8, 4) is 12.3 Å². The number of aromatic amines is 1. The van der Waals surface area contributed by atoms with Crippen LogP contribution < -0.4 is 11.2 Å². The van der Waals surface area contributed by atoms with E-state index in [1.165, 1.54) is 0 Å². The fourth-order valence-electron chi connectivity index (χ4n) is 1.40. The van der Waals surface area contributed by atoms with Crippen LogP contribution >= 0.6 is 0 Å². The lowest BCUT2D eigenvalue weighted by molar-refractivity contribution is -0.127. The van der Waals surface area contributed by atoms with E-state index >= 15 is 0 Å². The third kappa shape index (κ3) is 3.52. The number of aromatic nitrogens is 2. The third-order valence-corrected chi connectivity index (χ3v) is 2.43. The standard InChI is InChI=1S/C11H13FN2O6/c1-2-7(17)8(4-15)20-9(5-16)14-3-6(12)10(18)13-11(14)19/h1,3,7-9,15-17H,4-5H2,(H,13,18,19)/t7-,8+,9+/m0/s1. The van der Waals surface area contributed by atoms with Gasteiger partial charge < -0.3 is 20.1 Å².